The Hall–Kier alpha value is -4.36. The number of hydrogen-bond acceptors (Lipinski definition) is 12. The summed E-state index contributed by atoms with van der Waals surface area (Å²) in [5.74, 6) is 0.531. The van der Waals surface area contributed by atoms with Gasteiger partial charge in [0, 0.05) is 40.1 Å². The number of methoxy groups -OCH3 is 5. The number of benzene rings is 2. The van der Waals surface area contributed by atoms with Crippen LogP contribution in [0, 0.1) is 0 Å². The van der Waals surface area contributed by atoms with Crippen molar-refractivity contribution in [2.45, 2.75) is 0 Å². The van der Waals surface area contributed by atoms with E-state index in [1.165, 1.54) is 53.7 Å². The Morgan fingerprint density at radius 3 is 1.85 bits per heavy atom. The van der Waals surface area contributed by atoms with Crippen LogP contribution < -0.4 is 24.6 Å². The van der Waals surface area contributed by atoms with E-state index in [2.05, 4.69) is 0 Å². The molecule has 41 heavy (non-hydrogen) atoms. The first-order valence-electron chi connectivity index (χ1n) is 12.2. The van der Waals surface area contributed by atoms with Crippen molar-refractivity contribution in [2.75, 3.05) is 62.7 Å². The number of carbonyl (C=O) groups excluding carboxylic acids is 1. The Morgan fingerprint density at radius 1 is 0.707 bits per heavy atom. The van der Waals surface area contributed by atoms with E-state index in [4.69, 9.17) is 47.0 Å². The Bertz CT molecular complexity index is 1360. The van der Waals surface area contributed by atoms with Crippen LogP contribution in [0.4, 0.5) is 0 Å². The highest BCUT2D eigenvalue weighted by molar-refractivity contribution is 5.99. The van der Waals surface area contributed by atoms with Crippen molar-refractivity contribution in [2.24, 2.45) is 0 Å². The molecule has 12 heteroatoms. The molecule has 0 saturated heterocycles. The first-order chi connectivity index (χ1) is 19.9. The molecule has 3 aromatic rings. The predicted octanol–water partition coefficient (Wildman–Crippen LogP) is 4.19. The Labute approximate surface area is 236 Å². The zero-order chi connectivity index (χ0) is 29.6. The standard InChI is InChI=1S/C29H32O12/c1-32-15-37-20-9-6-19(7-10-20)8-11-21-12-26(40-18-35-4)27(29(31)41-21)22-13-24(38-16-33-2)25(39-17-34-3)14-23(22)28(30)36-5/h6-14H,15-18H2,1-5H3/b11-8+. The molecule has 0 saturated carbocycles. The van der Waals surface area contributed by atoms with E-state index in [-0.39, 0.29) is 66.9 Å². The molecule has 3 rings (SSSR count). The molecule has 0 spiro atoms. The fourth-order valence-corrected chi connectivity index (χ4v) is 3.55. The summed E-state index contributed by atoms with van der Waals surface area (Å²) in [6, 6.07) is 11.5. The van der Waals surface area contributed by atoms with Gasteiger partial charge in [0.25, 0.3) is 0 Å². The maximum atomic E-state index is 13.4. The van der Waals surface area contributed by atoms with Gasteiger partial charge in [-0.2, -0.15) is 0 Å². The fourth-order valence-electron chi connectivity index (χ4n) is 3.55. The van der Waals surface area contributed by atoms with Crippen LogP contribution in [-0.4, -0.2) is 68.7 Å². The minimum atomic E-state index is -0.782. The maximum Gasteiger partial charge on any atom is 0.347 e. The second-order valence-electron chi connectivity index (χ2n) is 8.12. The molecule has 0 aliphatic heterocycles. The Morgan fingerprint density at radius 2 is 1.27 bits per heavy atom. The summed E-state index contributed by atoms with van der Waals surface area (Å²) in [5, 5.41) is 0. The van der Waals surface area contributed by atoms with Crippen molar-refractivity contribution < 1.29 is 51.8 Å². The quantitative estimate of drug-likeness (QED) is 0.180. The average Bonchev–Trinajstić information content (AvgIpc) is 2.99. The van der Waals surface area contributed by atoms with Crippen molar-refractivity contribution >= 4 is 18.1 Å². The van der Waals surface area contributed by atoms with Crippen LogP contribution in [0.2, 0.25) is 0 Å². The first kappa shape index (κ1) is 31.2. The lowest BCUT2D eigenvalue weighted by atomic mass is 9.99. The molecule has 12 nitrogen and oxygen atoms in total. The molecule has 0 N–H and O–H groups in total. The summed E-state index contributed by atoms with van der Waals surface area (Å²) in [4.78, 5) is 26.2. The monoisotopic (exact) mass is 572 g/mol. The largest absolute Gasteiger partial charge is 0.468 e. The van der Waals surface area contributed by atoms with Gasteiger partial charge in [0.15, 0.2) is 38.7 Å². The van der Waals surface area contributed by atoms with Crippen LogP contribution in [-0.2, 0) is 23.7 Å². The molecule has 1 aromatic heterocycles. The lowest BCUT2D eigenvalue weighted by Gasteiger charge is -2.17. The SMILES string of the molecule is COCOc1ccc(/C=C/c2cc(OCOC)c(-c3cc(OCOC)c(OCOC)cc3C(=O)OC)c(=O)o2)cc1. The maximum absolute atomic E-state index is 13.4. The molecule has 0 aliphatic rings. The van der Waals surface area contributed by atoms with Crippen LogP contribution >= 0.6 is 0 Å². The normalized spacial score (nSPS) is 11.0. The van der Waals surface area contributed by atoms with Gasteiger partial charge in [0.1, 0.15) is 22.8 Å². The number of carbonyl (C=O) groups is 1. The van der Waals surface area contributed by atoms with Gasteiger partial charge in [-0.05, 0) is 35.9 Å². The highest BCUT2D eigenvalue weighted by Crippen LogP contribution is 2.39. The predicted molar refractivity (Wildman–Crippen MR) is 147 cm³/mol. The average molecular weight is 573 g/mol. The van der Waals surface area contributed by atoms with Gasteiger partial charge in [0.05, 0.1) is 12.7 Å². The first-order valence-corrected chi connectivity index (χ1v) is 12.2. The zero-order valence-corrected chi connectivity index (χ0v) is 23.4. The summed E-state index contributed by atoms with van der Waals surface area (Å²) >= 11 is 0. The van der Waals surface area contributed by atoms with Crippen LogP contribution in [0.25, 0.3) is 23.3 Å². The number of hydrogen-bond donors (Lipinski definition) is 0. The van der Waals surface area contributed by atoms with Gasteiger partial charge >= 0.3 is 11.6 Å². The molecule has 0 bridgehead atoms. The van der Waals surface area contributed by atoms with Gasteiger partial charge in [-0.1, -0.05) is 18.2 Å². The lowest BCUT2D eigenvalue weighted by molar-refractivity contribution is 0.0321. The third-order valence-corrected chi connectivity index (χ3v) is 5.35. The lowest BCUT2D eigenvalue weighted by Crippen LogP contribution is -2.14. The van der Waals surface area contributed by atoms with Crippen LogP contribution in [0.5, 0.6) is 23.0 Å². The minimum Gasteiger partial charge on any atom is -0.468 e. The molecule has 0 atom stereocenters. The Kier molecular flexibility index (Phi) is 12.2. The van der Waals surface area contributed by atoms with Crippen LogP contribution in [0.15, 0.2) is 51.7 Å². The van der Waals surface area contributed by atoms with Gasteiger partial charge in [-0.3, -0.25) is 0 Å². The summed E-state index contributed by atoms with van der Waals surface area (Å²) in [6.07, 6.45) is 3.35. The Balaban J connectivity index is 2.10. The highest BCUT2D eigenvalue weighted by Gasteiger charge is 2.25. The molecule has 1 heterocycles. The number of esters is 1. The summed E-state index contributed by atoms with van der Waals surface area (Å²) in [7, 11) is 7.08. The summed E-state index contributed by atoms with van der Waals surface area (Å²) < 4.78 is 52.8. The van der Waals surface area contributed by atoms with Gasteiger partial charge < -0.3 is 47.0 Å². The number of ether oxygens (including phenoxy) is 9. The van der Waals surface area contributed by atoms with E-state index in [1.807, 2.05) is 12.1 Å². The topological polar surface area (TPSA) is 130 Å². The second-order valence-corrected chi connectivity index (χ2v) is 8.12. The van der Waals surface area contributed by atoms with Crippen molar-refractivity contribution in [3.63, 3.8) is 0 Å². The van der Waals surface area contributed by atoms with E-state index < -0.39 is 11.6 Å². The number of rotatable bonds is 16. The van der Waals surface area contributed by atoms with Crippen molar-refractivity contribution in [3.05, 3.63) is 69.8 Å². The van der Waals surface area contributed by atoms with E-state index >= 15 is 0 Å². The van der Waals surface area contributed by atoms with E-state index in [0.29, 0.717) is 5.75 Å². The molecule has 2 aromatic carbocycles. The third kappa shape index (κ3) is 8.56. The molecule has 0 aliphatic carbocycles. The third-order valence-electron chi connectivity index (χ3n) is 5.35. The van der Waals surface area contributed by atoms with E-state index in [9.17, 15) is 9.59 Å². The smallest absolute Gasteiger partial charge is 0.347 e. The summed E-state index contributed by atoms with van der Waals surface area (Å²) in [6.45, 7) is -0.307. The van der Waals surface area contributed by atoms with Crippen LogP contribution in [0.1, 0.15) is 21.7 Å². The molecular weight excluding hydrogens is 540 g/mol. The van der Waals surface area contributed by atoms with Gasteiger partial charge in [-0.15, -0.1) is 0 Å². The van der Waals surface area contributed by atoms with E-state index in [1.54, 1.807) is 24.3 Å². The van der Waals surface area contributed by atoms with Crippen LogP contribution in [0.3, 0.4) is 0 Å². The molecule has 0 amide bonds. The summed E-state index contributed by atoms with van der Waals surface area (Å²) in [5.41, 5.74) is 0.0990. The van der Waals surface area contributed by atoms with E-state index in [0.717, 1.165) is 5.56 Å². The molecule has 220 valence electrons. The van der Waals surface area contributed by atoms with Gasteiger partial charge in [0.2, 0.25) is 0 Å². The fraction of sp³-hybridized carbons (Fsp3) is 0.310. The van der Waals surface area contributed by atoms with Crippen molar-refractivity contribution in [1.82, 2.24) is 0 Å². The highest BCUT2D eigenvalue weighted by atomic mass is 16.7. The molecule has 0 radical (unpaired) electrons. The zero-order valence-electron chi connectivity index (χ0n) is 23.4. The molecule has 0 fully saturated rings. The van der Waals surface area contributed by atoms with Crippen molar-refractivity contribution in [3.8, 4) is 34.1 Å². The minimum absolute atomic E-state index is 0.00277. The molecular formula is C29H32O12. The van der Waals surface area contributed by atoms with Crippen molar-refractivity contribution in [1.29, 1.82) is 0 Å². The molecule has 0 unspecified atom stereocenters. The van der Waals surface area contributed by atoms with Gasteiger partial charge in [-0.25, -0.2) is 9.59 Å². The second kappa shape index (κ2) is 16.0.